The van der Waals surface area contributed by atoms with Crippen molar-refractivity contribution in [1.29, 1.82) is 0 Å². The number of benzene rings is 2. The molecule has 2 aromatic carbocycles. The van der Waals surface area contributed by atoms with Crippen molar-refractivity contribution in [2.45, 2.75) is 20.0 Å². The van der Waals surface area contributed by atoms with Crippen molar-refractivity contribution in [3.8, 4) is 11.5 Å². The number of phenolic OH excluding ortho intramolecular Hbond substituents is 1. The van der Waals surface area contributed by atoms with Gasteiger partial charge < -0.3 is 15.2 Å². The number of phenols is 1. The molecule has 110 valence electrons. The Morgan fingerprint density at radius 3 is 2.67 bits per heavy atom. The molecular weight excluding hydrogens is 290 g/mol. The van der Waals surface area contributed by atoms with E-state index in [2.05, 4.69) is 5.32 Å². The summed E-state index contributed by atoms with van der Waals surface area (Å²) in [6, 6.07) is 12.0. The lowest BCUT2D eigenvalue weighted by Gasteiger charge is -2.16. The van der Waals surface area contributed by atoms with Gasteiger partial charge in [-0.05, 0) is 43.7 Å². The molecule has 2 rings (SSSR count). The predicted molar refractivity (Wildman–Crippen MR) is 83.0 cm³/mol. The lowest BCUT2D eigenvalue weighted by molar-refractivity contribution is -0.122. The van der Waals surface area contributed by atoms with E-state index >= 15 is 0 Å². The van der Waals surface area contributed by atoms with E-state index in [-0.39, 0.29) is 11.7 Å². The highest BCUT2D eigenvalue weighted by atomic mass is 35.5. The molecule has 4 nitrogen and oxygen atoms in total. The fraction of sp³-hybridized carbons (Fsp3) is 0.188. The van der Waals surface area contributed by atoms with Crippen molar-refractivity contribution in [2.24, 2.45) is 0 Å². The number of aryl methyl sites for hydroxylation is 1. The van der Waals surface area contributed by atoms with Crippen LogP contribution in [-0.4, -0.2) is 17.1 Å². The summed E-state index contributed by atoms with van der Waals surface area (Å²) in [7, 11) is 0. The molecule has 0 radical (unpaired) electrons. The number of anilines is 1. The van der Waals surface area contributed by atoms with Crippen molar-refractivity contribution in [3.05, 3.63) is 53.1 Å². The van der Waals surface area contributed by atoms with Crippen LogP contribution in [0, 0.1) is 6.92 Å². The van der Waals surface area contributed by atoms with Gasteiger partial charge in [-0.3, -0.25) is 4.79 Å². The Kier molecular flexibility index (Phi) is 4.70. The fourth-order valence-electron chi connectivity index (χ4n) is 1.77. The first-order valence-electron chi connectivity index (χ1n) is 6.49. The van der Waals surface area contributed by atoms with E-state index in [0.29, 0.717) is 16.5 Å². The van der Waals surface area contributed by atoms with Crippen LogP contribution in [0.5, 0.6) is 11.5 Å². The Bertz CT molecular complexity index is 658. The zero-order chi connectivity index (χ0) is 15.4. The van der Waals surface area contributed by atoms with Crippen LogP contribution in [0.4, 0.5) is 5.69 Å². The first kappa shape index (κ1) is 15.2. The summed E-state index contributed by atoms with van der Waals surface area (Å²) in [5.41, 5.74) is 1.26. The van der Waals surface area contributed by atoms with Crippen LogP contribution in [0.25, 0.3) is 0 Å². The molecule has 0 bridgehead atoms. The third-order valence-corrected chi connectivity index (χ3v) is 3.23. The van der Waals surface area contributed by atoms with Crippen molar-refractivity contribution in [1.82, 2.24) is 0 Å². The minimum Gasteiger partial charge on any atom is -0.506 e. The van der Waals surface area contributed by atoms with Gasteiger partial charge in [-0.1, -0.05) is 29.8 Å². The van der Waals surface area contributed by atoms with Crippen LogP contribution in [0.1, 0.15) is 12.5 Å². The Morgan fingerprint density at radius 2 is 2.00 bits per heavy atom. The molecule has 5 heteroatoms. The van der Waals surface area contributed by atoms with E-state index in [0.717, 1.165) is 5.56 Å². The average molecular weight is 306 g/mol. The molecule has 2 N–H and O–H groups in total. The Labute approximate surface area is 128 Å². The monoisotopic (exact) mass is 305 g/mol. The zero-order valence-corrected chi connectivity index (χ0v) is 12.5. The molecular formula is C16H16ClNO3. The first-order valence-corrected chi connectivity index (χ1v) is 6.87. The number of amides is 1. The highest BCUT2D eigenvalue weighted by molar-refractivity contribution is 6.32. The summed E-state index contributed by atoms with van der Waals surface area (Å²) in [4.78, 5) is 12.1. The average Bonchev–Trinajstić information content (AvgIpc) is 2.44. The van der Waals surface area contributed by atoms with Crippen LogP contribution in [0.2, 0.25) is 5.02 Å². The number of ether oxygens (including phenoxy) is 1. The van der Waals surface area contributed by atoms with Gasteiger partial charge in [-0.25, -0.2) is 0 Å². The van der Waals surface area contributed by atoms with E-state index in [4.69, 9.17) is 16.3 Å². The summed E-state index contributed by atoms with van der Waals surface area (Å²) < 4.78 is 5.52. The number of aromatic hydroxyl groups is 1. The second kappa shape index (κ2) is 6.50. The number of nitrogens with one attached hydrogen (secondary N) is 1. The van der Waals surface area contributed by atoms with E-state index in [1.54, 1.807) is 49.4 Å². The minimum absolute atomic E-state index is 0.0216. The van der Waals surface area contributed by atoms with Crippen LogP contribution >= 0.6 is 11.6 Å². The van der Waals surface area contributed by atoms with Crippen LogP contribution < -0.4 is 10.1 Å². The number of hydrogen-bond acceptors (Lipinski definition) is 3. The molecule has 1 amide bonds. The predicted octanol–water partition coefficient (Wildman–Crippen LogP) is 3.76. The van der Waals surface area contributed by atoms with Crippen LogP contribution in [0.3, 0.4) is 0 Å². The molecule has 0 aliphatic rings. The molecule has 0 saturated heterocycles. The minimum atomic E-state index is -0.745. The topological polar surface area (TPSA) is 58.6 Å². The van der Waals surface area contributed by atoms with Gasteiger partial charge in [0.05, 0.1) is 10.7 Å². The smallest absolute Gasteiger partial charge is 0.265 e. The summed E-state index contributed by atoms with van der Waals surface area (Å²) in [5, 5.41) is 12.8. The summed E-state index contributed by atoms with van der Waals surface area (Å²) in [5.74, 6) is 0.0947. The normalized spacial score (nSPS) is 11.8. The van der Waals surface area contributed by atoms with Gasteiger partial charge in [0, 0.05) is 0 Å². The molecule has 0 aliphatic carbocycles. The highest BCUT2D eigenvalue weighted by Gasteiger charge is 2.17. The highest BCUT2D eigenvalue weighted by Crippen LogP contribution is 2.26. The molecule has 2 aromatic rings. The molecule has 0 aliphatic heterocycles. The number of hydrogen-bond donors (Lipinski definition) is 2. The number of halogens is 1. The van der Waals surface area contributed by atoms with Crippen LogP contribution in [0.15, 0.2) is 42.5 Å². The van der Waals surface area contributed by atoms with Gasteiger partial charge in [0.15, 0.2) is 6.10 Å². The number of rotatable bonds is 4. The number of carbonyl (C=O) groups is 1. The lowest BCUT2D eigenvalue weighted by atomic mass is 10.2. The number of para-hydroxylation sites is 1. The Balaban J connectivity index is 2.04. The SMILES string of the molecule is Cc1ccc(NC(=O)C(C)Oc2ccccc2Cl)c(O)c1. The Hall–Kier alpha value is -2.20. The maximum atomic E-state index is 12.1. The molecule has 0 fully saturated rings. The molecule has 0 spiro atoms. The largest absolute Gasteiger partial charge is 0.506 e. The van der Waals surface area contributed by atoms with Gasteiger partial charge in [-0.15, -0.1) is 0 Å². The summed E-state index contributed by atoms with van der Waals surface area (Å²) in [6.45, 7) is 3.47. The first-order chi connectivity index (χ1) is 9.97. The van der Waals surface area contributed by atoms with Gasteiger partial charge in [-0.2, -0.15) is 0 Å². The maximum Gasteiger partial charge on any atom is 0.265 e. The van der Waals surface area contributed by atoms with Crippen molar-refractivity contribution < 1.29 is 14.6 Å². The van der Waals surface area contributed by atoms with Gasteiger partial charge in [0.2, 0.25) is 0 Å². The molecule has 0 aromatic heterocycles. The molecule has 0 heterocycles. The molecule has 0 saturated carbocycles. The van der Waals surface area contributed by atoms with Crippen LogP contribution in [-0.2, 0) is 4.79 Å². The third-order valence-electron chi connectivity index (χ3n) is 2.92. The fourth-order valence-corrected chi connectivity index (χ4v) is 1.95. The molecule has 21 heavy (non-hydrogen) atoms. The third kappa shape index (κ3) is 3.89. The Morgan fingerprint density at radius 1 is 1.29 bits per heavy atom. The summed E-state index contributed by atoms with van der Waals surface area (Å²) >= 11 is 5.98. The second-order valence-corrected chi connectivity index (χ2v) is 5.11. The lowest BCUT2D eigenvalue weighted by Crippen LogP contribution is -2.30. The van der Waals surface area contributed by atoms with Gasteiger partial charge in [0.1, 0.15) is 11.5 Å². The van der Waals surface area contributed by atoms with E-state index < -0.39 is 6.10 Å². The zero-order valence-electron chi connectivity index (χ0n) is 11.8. The van der Waals surface area contributed by atoms with Gasteiger partial charge in [0.25, 0.3) is 5.91 Å². The molecule has 1 atom stereocenters. The van der Waals surface area contributed by atoms with E-state index in [9.17, 15) is 9.90 Å². The standard InChI is InChI=1S/C16H16ClNO3/c1-10-7-8-13(14(19)9-10)18-16(20)11(2)21-15-6-4-3-5-12(15)17/h3-9,11,19H,1-2H3,(H,18,20). The molecule has 1 unspecified atom stereocenters. The van der Waals surface area contributed by atoms with E-state index in [1.165, 1.54) is 0 Å². The summed E-state index contributed by atoms with van der Waals surface area (Å²) in [6.07, 6.45) is -0.745. The maximum absolute atomic E-state index is 12.1. The quantitative estimate of drug-likeness (QED) is 0.846. The van der Waals surface area contributed by atoms with E-state index in [1.807, 2.05) is 6.92 Å². The van der Waals surface area contributed by atoms with Crippen molar-refractivity contribution in [3.63, 3.8) is 0 Å². The second-order valence-electron chi connectivity index (χ2n) is 4.70. The number of carbonyl (C=O) groups excluding carboxylic acids is 1. The van der Waals surface area contributed by atoms with Gasteiger partial charge >= 0.3 is 0 Å². The van der Waals surface area contributed by atoms with Crippen molar-refractivity contribution in [2.75, 3.05) is 5.32 Å². The van der Waals surface area contributed by atoms with Crippen molar-refractivity contribution >= 4 is 23.2 Å².